The fourth-order valence-corrected chi connectivity index (χ4v) is 5.93. The number of rotatable bonds is 6. The lowest BCUT2D eigenvalue weighted by atomic mass is 9.84. The largest absolute Gasteiger partial charge is 0.485 e. The van der Waals surface area contributed by atoms with Crippen molar-refractivity contribution >= 4 is 28.8 Å². The van der Waals surface area contributed by atoms with Gasteiger partial charge in [-0.05, 0) is 83.6 Å². The first-order chi connectivity index (χ1) is 19.8. The van der Waals surface area contributed by atoms with Gasteiger partial charge >= 0.3 is 6.09 Å². The Bertz CT molecular complexity index is 1470. The van der Waals surface area contributed by atoms with Crippen molar-refractivity contribution in [3.8, 4) is 5.75 Å². The second-order valence-electron chi connectivity index (χ2n) is 13.1. The molecule has 1 saturated heterocycles. The van der Waals surface area contributed by atoms with Gasteiger partial charge in [0.2, 0.25) is 11.8 Å². The molecule has 2 atom stereocenters. The van der Waals surface area contributed by atoms with Crippen LogP contribution in [0.1, 0.15) is 65.0 Å². The lowest BCUT2D eigenvalue weighted by molar-refractivity contribution is -0.142. The summed E-state index contributed by atoms with van der Waals surface area (Å²) in [4.78, 5) is 45.4. The number of amides is 3. The van der Waals surface area contributed by atoms with Gasteiger partial charge in [-0.2, -0.15) is 0 Å². The molecule has 42 heavy (non-hydrogen) atoms. The van der Waals surface area contributed by atoms with Crippen molar-refractivity contribution in [1.82, 2.24) is 20.5 Å². The van der Waals surface area contributed by atoms with E-state index in [9.17, 15) is 14.4 Å². The number of fused-ring (bicyclic) bond motifs is 2. The van der Waals surface area contributed by atoms with Gasteiger partial charge in [-0.1, -0.05) is 36.4 Å². The smallest absolute Gasteiger partial charge is 0.408 e. The topological polar surface area (TPSA) is 113 Å². The molecular weight excluding hydrogens is 532 g/mol. The molecule has 3 amide bonds. The van der Waals surface area contributed by atoms with Crippen LogP contribution in [0.15, 0.2) is 54.7 Å². The Morgan fingerprint density at radius 3 is 2.57 bits per heavy atom. The second kappa shape index (κ2) is 11.3. The maximum absolute atomic E-state index is 14.2. The zero-order valence-corrected chi connectivity index (χ0v) is 25.2. The van der Waals surface area contributed by atoms with Crippen LogP contribution in [-0.4, -0.2) is 63.7 Å². The monoisotopic (exact) mass is 574 g/mol. The van der Waals surface area contributed by atoms with Crippen molar-refractivity contribution in [3.63, 3.8) is 0 Å². The molecule has 2 aliphatic heterocycles. The number of hydrogen-bond donors (Lipinski definition) is 3. The van der Waals surface area contributed by atoms with Crippen molar-refractivity contribution in [2.75, 3.05) is 13.1 Å². The number of H-pyrrole nitrogens is 1. The molecule has 224 valence electrons. The number of nitrogens with zero attached hydrogens (tertiary/aromatic N) is 1. The fraction of sp³-hybridized carbons (Fsp3) is 0.485. The number of aromatic nitrogens is 1. The van der Waals surface area contributed by atoms with Gasteiger partial charge in [-0.15, -0.1) is 0 Å². The van der Waals surface area contributed by atoms with Crippen LogP contribution in [-0.2, 0) is 27.2 Å². The summed E-state index contributed by atoms with van der Waals surface area (Å²) in [5.41, 5.74) is 0.599. The molecule has 0 aliphatic carbocycles. The minimum atomic E-state index is -1.32. The van der Waals surface area contributed by atoms with E-state index in [1.165, 1.54) is 5.56 Å². The fourth-order valence-electron chi connectivity index (χ4n) is 5.93. The number of aromatic amines is 1. The van der Waals surface area contributed by atoms with Crippen LogP contribution >= 0.6 is 0 Å². The molecule has 2 aliphatic rings. The number of likely N-dealkylation sites (tertiary alicyclic amines) is 1. The Hall–Kier alpha value is -4.01. The van der Waals surface area contributed by atoms with Crippen LogP contribution in [0, 0.1) is 0 Å². The van der Waals surface area contributed by atoms with Gasteiger partial charge in [0.25, 0.3) is 0 Å². The summed E-state index contributed by atoms with van der Waals surface area (Å²) in [7, 11) is 0. The summed E-state index contributed by atoms with van der Waals surface area (Å²) < 4.78 is 11.9. The van der Waals surface area contributed by atoms with E-state index in [2.05, 4.69) is 21.7 Å². The highest BCUT2D eigenvalue weighted by Gasteiger charge is 2.43. The molecule has 3 heterocycles. The van der Waals surface area contributed by atoms with Gasteiger partial charge in [0.15, 0.2) is 0 Å². The second-order valence-corrected chi connectivity index (χ2v) is 13.1. The zero-order chi connectivity index (χ0) is 30.1. The number of aryl methyl sites for hydroxylation is 1. The van der Waals surface area contributed by atoms with Crippen molar-refractivity contribution in [2.45, 2.75) is 89.5 Å². The zero-order valence-electron chi connectivity index (χ0n) is 25.2. The normalized spacial score (nSPS) is 19.5. The molecule has 1 fully saturated rings. The van der Waals surface area contributed by atoms with Gasteiger partial charge in [0, 0.05) is 30.1 Å². The average molecular weight is 575 g/mol. The predicted octanol–water partition coefficient (Wildman–Crippen LogP) is 4.88. The molecule has 0 bridgehead atoms. The molecule has 0 radical (unpaired) electrons. The van der Waals surface area contributed by atoms with Crippen LogP contribution < -0.4 is 15.4 Å². The van der Waals surface area contributed by atoms with Gasteiger partial charge in [-0.3, -0.25) is 9.59 Å². The Kier molecular flexibility index (Phi) is 7.96. The van der Waals surface area contributed by atoms with Crippen molar-refractivity contribution in [3.05, 3.63) is 65.9 Å². The number of benzene rings is 2. The number of alkyl carbamates (subject to hydrolysis) is 1. The molecule has 1 aromatic heterocycles. The van der Waals surface area contributed by atoms with E-state index in [0.29, 0.717) is 19.5 Å². The van der Waals surface area contributed by atoms with E-state index in [0.717, 1.165) is 47.9 Å². The Morgan fingerprint density at radius 2 is 1.79 bits per heavy atom. The van der Waals surface area contributed by atoms with Gasteiger partial charge in [-0.25, -0.2) is 4.79 Å². The third-order valence-corrected chi connectivity index (χ3v) is 8.08. The third-order valence-electron chi connectivity index (χ3n) is 8.08. The highest BCUT2D eigenvalue weighted by atomic mass is 16.6. The van der Waals surface area contributed by atoms with Crippen LogP contribution in [0.5, 0.6) is 5.75 Å². The summed E-state index contributed by atoms with van der Waals surface area (Å²) >= 11 is 0. The lowest BCUT2D eigenvalue weighted by Crippen LogP contribution is -2.62. The summed E-state index contributed by atoms with van der Waals surface area (Å²) in [5.74, 6) is 0.251. The van der Waals surface area contributed by atoms with Crippen molar-refractivity contribution in [1.29, 1.82) is 0 Å². The molecule has 9 nitrogen and oxygen atoms in total. The average Bonchev–Trinajstić information content (AvgIpc) is 3.33. The molecule has 2 aromatic carbocycles. The van der Waals surface area contributed by atoms with Crippen LogP contribution in [0.3, 0.4) is 0 Å². The minimum absolute atomic E-state index is 0.164. The van der Waals surface area contributed by atoms with Gasteiger partial charge < -0.3 is 30.0 Å². The van der Waals surface area contributed by atoms with E-state index < -0.39 is 34.8 Å². The highest BCUT2D eigenvalue weighted by Crippen LogP contribution is 2.38. The van der Waals surface area contributed by atoms with Gasteiger partial charge in [0.05, 0.1) is 6.54 Å². The number of ether oxygens (including phenoxy) is 2. The van der Waals surface area contributed by atoms with E-state index in [1.807, 2.05) is 53.6 Å². The summed E-state index contributed by atoms with van der Waals surface area (Å²) in [6, 6.07) is 15.1. The van der Waals surface area contributed by atoms with Crippen molar-refractivity contribution in [2.24, 2.45) is 0 Å². The lowest BCUT2D eigenvalue weighted by Gasteiger charge is -2.46. The SMILES string of the molecule is CC(C)(C)OC(=O)NC(C)(C)C(=O)N[C@H](Cc1c[nH]c2ccccc12)C(=O)N1CCCC2(CCc3ccccc3O2)C1. The molecule has 9 heteroatoms. The molecule has 5 rings (SSSR count). The third kappa shape index (κ3) is 6.55. The first kappa shape index (κ1) is 29.5. The molecule has 3 N–H and O–H groups in total. The molecular formula is C33H42N4O5. The predicted molar refractivity (Wildman–Crippen MR) is 161 cm³/mol. The highest BCUT2D eigenvalue weighted by molar-refractivity contribution is 5.94. The number of hydrogen-bond acceptors (Lipinski definition) is 5. The minimum Gasteiger partial charge on any atom is -0.485 e. The first-order valence-electron chi connectivity index (χ1n) is 14.8. The van der Waals surface area contributed by atoms with Crippen LogP contribution in [0.25, 0.3) is 10.9 Å². The molecule has 1 unspecified atom stereocenters. The van der Waals surface area contributed by atoms with E-state index in [4.69, 9.17) is 9.47 Å². The molecule has 3 aromatic rings. The Balaban J connectivity index is 1.37. The van der Waals surface area contributed by atoms with E-state index >= 15 is 0 Å². The van der Waals surface area contributed by atoms with E-state index in [1.54, 1.807) is 34.6 Å². The van der Waals surface area contributed by atoms with Crippen LogP contribution in [0.2, 0.25) is 0 Å². The number of nitrogens with one attached hydrogen (secondary N) is 3. The van der Waals surface area contributed by atoms with Gasteiger partial charge in [0.1, 0.15) is 28.5 Å². The maximum atomic E-state index is 14.2. The molecule has 1 spiro atoms. The number of para-hydroxylation sites is 2. The molecule has 0 saturated carbocycles. The summed E-state index contributed by atoms with van der Waals surface area (Å²) in [6.07, 6.45) is 4.91. The van der Waals surface area contributed by atoms with Crippen LogP contribution in [0.4, 0.5) is 4.79 Å². The van der Waals surface area contributed by atoms with Crippen molar-refractivity contribution < 1.29 is 23.9 Å². The summed E-state index contributed by atoms with van der Waals surface area (Å²) in [5, 5.41) is 6.63. The Morgan fingerprint density at radius 1 is 1.05 bits per heavy atom. The first-order valence-corrected chi connectivity index (χ1v) is 14.8. The standard InChI is InChI=1S/C33H42N4O5/c1-31(2,3)42-30(40)36-32(4,5)29(39)35-26(19-23-20-34-25-13-8-7-12-24(23)25)28(38)37-18-10-16-33(21-37)17-15-22-11-6-9-14-27(22)41-33/h6-9,11-14,20,26,34H,10,15-19,21H2,1-5H3,(H,35,39)(H,36,40)/t26-,33?/m1/s1. The number of carbonyl (C=O) groups is 3. The number of carbonyl (C=O) groups excluding carboxylic acids is 3. The maximum Gasteiger partial charge on any atom is 0.408 e. The Labute approximate surface area is 247 Å². The summed E-state index contributed by atoms with van der Waals surface area (Å²) in [6.45, 7) is 9.53. The quantitative estimate of drug-likeness (QED) is 0.388. The van der Waals surface area contributed by atoms with E-state index in [-0.39, 0.29) is 5.91 Å². The number of piperidine rings is 1.